The van der Waals surface area contributed by atoms with Gasteiger partial charge in [-0.3, -0.25) is 4.90 Å². The predicted octanol–water partition coefficient (Wildman–Crippen LogP) is 2.67. The molecule has 0 radical (unpaired) electrons. The zero-order chi connectivity index (χ0) is 13.8. The molecule has 0 saturated carbocycles. The summed E-state index contributed by atoms with van der Waals surface area (Å²) in [6.45, 7) is 7.56. The van der Waals surface area contributed by atoms with Gasteiger partial charge in [0.2, 0.25) is 0 Å². The summed E-state index contributed by atoms with van der Waals surface area (Å²) >= 11 is 0. The molecule has 1 aliphatic heterocycles. The molecule has 1 heterocycles. The maximum Gasteiger partial charge on any atom is 0.123 e. The number of nitrogens with zero attached hydrogens (tertiary/aromatic N) is 1. The van der Waals surface area contributed by atoms with Gasteiger partial charge in [0.15, 0.2) is 0 Å². The number of para-hydroxylation sites is 1. The second-order valence-corrected chi connectivity index (χ2v) is 5.78. The summed E-state index contributed by atoms with van der Waals surface area (Å²) in [5.74, 6) is 2.50. The van der Waals surface area contributed by atoms with Crippen LogP contribution in [-0.4, -0.2) is 31.6 Å². The topological polar surface area (TPSA) is 38.5 Å². The lowest BCUT2D eigenvalue weighted by Gasteiger charge is -2.28. The normalized spacial score (nSPS) is 21.8. The molecule has 2 unspecified atom stereocenters. The van der Waals surface area contributed by atoms with E-state index in [-0.39, 0.29) is 6.04 Å². The Morgan fingerprint density at radius 2 is 2.11 bits per heavy atom. The average molecular weight is 262 g/mol. The van der Waals surface area contributed by atoms with Crippen molar-refractivity contribution in [3.8, 4) is 5.75 Å². The van der Waals surface area contributed by atoms with Crippen molar-refractivity contribution in [3.05, 3.63) is 29.8 Å². The monoisotopic (exact) mass is 262 g/mol. The number of rotatable bonds is 5. The van der Waals surface area contributed by atoms with E-state index in [4.69, 9.17) is 10.5 Å². The quantitative estimate of drug-likeness (QED) is 0.886. The molecule has 2 atom stereocenters. The summed E-state index contributed by atoms with van der Waals surface area (Å²) < 4.78 is 5.48. The third kappa shape index (κ3) is 3.10. The molecule has 3 heteroatoms. The van der Waals surface area contributed by atoms with Crippen LogP contribution in [0.5, 0.6) is 5.75 Å². The first kappa shape index (κ1) is 14.4. The van der Waals surface area contributed by atoms with Crippen molar-refractivity contribution in [2.45, 2.75) is 26.3 Å². The first-order chi connectivity index (χ1) is 9.17. The van der Waals surface area contributed by atoms with Crippen LogP contribution in [0.1, 0.15) is 31.9 Å². The van der Waals surface area contributed by atoms with Gasteiger partial charge < -0.3 is 10.5 Å². The molecular weight excluding hydrogens is 236 g/mol. The van der Waals surface area contributed by atoms with E-state index in [9.17, 15) is 0 Å². The van der Waals surface area contributed by atoms with Crippen LogP contribution in [-0.2, 0) is 0 Å². The molecule has 2 N–H and O–H groups in total. The molecule has 0 aliphatic carbocycles. The van der Waals surface area contributed by atoms with E-state index in [0.717, 1.165) is 30.7 Å². The number of ether oxygens (including phenoxy) is 1. The van der Waals surface area contributed by atoms with Gasteiger partial charge in [0.25, 0.3) is 0 Å². The van der Waals surface area contributed by atoms with Crippen LogP contribution in [0.3, 0.4) is 0 Å². The van der Waals surface area contributed by atoms with E-state index in [2.05, 4.69) is 30.9 Å². The Morgan fingerprint density at radius 3 is 2.68 bits per heavy atom. The molecule has 2 rings (SSSR count). The van der Waals surface area contributed by atoms with E-state index < -0.39 is 0 Å². The highest BCUT2D eigenvalue weighted by Crippen LogP contribution is 2.34. The molecule has 1 aromatic carbocycles. The highest BCUT2D eigenvalue weighted by atomic mass is 16.5. The van der Waals surface area contributed by atoms with Gasteiger partial charge in [-0.15, -0.1) is 0 Å². The molecule has 1 saturated heterocycles. The van der Waals surface area contributed by atoms with Crippen molar-refractivity contribution in [2.24, 2.45) is 17.6 Å². The largest absolute Gasteiger partial charge is 0.496 e. The fourth-order valence-corrected chi connectivity index (χ4v) is 3.06. The van der Waals surface area contributed by atoms with Crippen molar-refractivity contribution in [2.75, 3.05) is 26.7 Å². The first-order valence-corrected chi connectivity index (χ1v) is 7.24. The Hall–Kier alpha value is -1.06. The number of hydrogen-bond donors (Lipinski definition) is 1. The third-order valence-corrected chi connectivity index (χ3v) is 4.36. The highest BCUT2D eigenvalue weighted by Gasteiger charge is 2.30. The number of methoxy groups -OCH3 is 1. The lowest BCUT2D eigenvalue weighted by atomic mass is 9.95. The Labute approximate surface area is 116 Å². The van der Waals surface area contributed by atoms with Crippen LogP contribution in [0.25, 0.3) is 0 Å². The summed E-state index contributed by atoms with van der Waals surface area (Å²) in [6.07, 6.45) is 1.28. The van der Waals surface area contributed by atoms with E-state index in [0.29, 0.717) is 6.54 Å². The molecule has 106 valence electrons. The van der Waals surface area contributed by atoms with Gasteiger partial charge >= 0.3 is 0 Å². The SMILES string of the molecule is COc1ccccc1C(CN)N1CCC(C(C)C)C1. The maximum absolute atomic E-state index is 6.03. The van der Waals surface area contributed by atoms with E-state index in [1.54, 1.807) is 7.11 Å². The predicted molar refractivity (Wildman–Crippen MR) is 79.3 cm³/mol. The van der Waals surface area contributed by atoms with Crippen LogP contribution in [0, 0.1) is 11.8 Å². The van der Waals surface area contributed by atoms with Gasteiger partial charge in [-0.25, -0.2) is 0 Å². The Bertz CT molecular complexity index is 405. The number of hydrogen-bond acceptors (Lipinski definition) is 3. The van der Waals surface area contributed by atoms with Crippen LogP contribution in [0.4, 0.5) is 0 Å². The molecule has 0 aromatic heterocycles. The minimum atomic E-state index is 0.278. The molecule has 0 bridgehead atoms. The zero-order valence-corrected chi connectivity index (χ0v) is 12.3. The van der Waals surface area contributed by atoms with Gasteiger partial charge in [0, 0.05) is 18.7 Å². The van der Waals surface area contributed by atoms with Gasteiger partial charge in [-0.05, 0) is 30.9 Å². The Balaban J connectivity index is 2.16. The van der Waals surface area contributed by atoms with Gasteiger partial charge in [-0.2, -0.15) is 0 Å². The molecule has 3 nitrogen and oxygen atoms in total. The standard InChI is InChI=1S/C16H26N2O/c1-12(2)13-8-9-18(11-13)15(10-17)14-6-4-5-7-16(14)19-3/h4-7,12-13,15H,8-11,17H2,1-3H3. The summed E-state index contributed by atoms with van der Waals surface area (Å²) in [5.41, 5.74) is 7.25. The molecule has 0 spiro atoms. The van der Waals surface area contributed by atoms with Crippen molar-refractivity contribution < 1.29 is 4.74 Å². The number of benzene rings is 1. The van der Waals surface area contributed by atoms with Crippen LogP contribution in [0.15, 0.2) is 24.3 Å². The van der Waals surface area contributed by atoms with Gasteiger partial charge in [0.1, 0.15) is 5.75 Å². The van der Waals surface area contributed by atoms with Crippen molar-refractivity contribution in [3.63, 3.8) is 0 Å². The Morgan fingerprint density at radius 1 is 1.37 bits per heavy atom. The van der Waals surface area contributed by atoms with Crippen molar-refractivity contribution in [1.82, 2.24) is 4.90 Å². The summed E-state index contributed by atoms with van der Waals surface area (Å²) in [4.78, 5) is 2.52. The van der Waals surface area contributed by atoms with Crippen molar-refractivity contribution in [1.29, 1.82) is 0 Å². The average Bonchev–Trinajstić information content (AvgIpc) is 2.90. The van der Waals surface area contributed by atoms with Crippen LogP contribution in [0.2, 0.25) is 0 Å². The minimum Gasteiger partial charge on any atom is -0.496 e. The molecule has 1 aromatic rings. The molecule has 0 amide bonds. The fraction of sp³-hybridized carbons (Fsp3) is 0.625. The third-order valence-electron chi connectivity index (χ3n) is 4.36. The highest BCUT2D eigenvalue weighted by molar-refractivity contribution is 5.36. The van der Waals surface area contributed by atoms with Gasteiger partial charge in [-0.1, -0.05) is 32.0 Å². The number of nitrogens with two attached hydrogens (primary N) is 1. The number of likely N-dealkylation sites (tertiary alicyclic amines) is 1. The second kappa shape index (κ2) is 6.40. The minimum absolute atomic E-state index is 0.278. The second-order valence-electron chi connectivity index (χ2n) is 5.78. The van der Waals surface area contributed by atoms with E-state index in [1.165, 1.54) is 12.0 Å². The lowest BCUT2D eigenvalue weighted by molar-refractivity contribution is 0.227. The summed E-state index contributed by atoms with van der Waals surface area (Å²) in [7, 11) is 1.73. The lowest BCUT2D eigenvalue weighted by Crippen LogP contribution is -2.32. The smallest absolute Gasteiger partial charge is 0.123 e. The fourth-order valence-electron chi connectivity index (χ4n) is 3.06. The Kier molecular flexibility index (Phi) is 4.83. The molecule has 1 aliphatic rings. The van der Waals surface area contributed by atoms with E-state index in [1.807, 2.05) is 12.1 Å². The van der Waals surface area contributed by atoms with Crippen molar-refractivity contribution >= 4 is 0 Å². The molecular formula is C16H26N2O. The van der Waals surface area contributed by atoms with Gasteiger partial charge in [0.05, 0.1) is 13.2 Å². The first-order valence-electron chi connectivity index (χ1n) is 7.24. The van der Waals surface area contributed by atoms with Crippen LogP contribution >= 0.6 is 0 Å². The summed E-state index contributed by atoms with van der Waals surface area (Å²) in [6, 6.07) is 8.51. The van der Waals surface area contributed by atoms with E-state index >= 15 is 0 Å². The van der Waals surface area contributed by atoms with Crippen LogP contribution < -0.4 is 10.5 Å². The molecule has 1 fully saturated rings. The molecule has 19 heavy (non-hydrogen) atoms. The maximum atomic E-state index is 6.03. The zero-order valence-electron chi connectivity index (χ0n) is 12.3. The summed E-state index contributed by atoms with van der Waals surface area (Å²) in [5, 5.41) is 0.